The SMILES string of the molecule is CC.Cn1cc(-c2cc(Br)ccc2Oc2ccc(CCC3CCN(C(=O)OC(C)(C)C)CC3)cc2)c2ccn(SI)c2c1=O. The minimum absolute atomic E-state index is 0.0374. The Hall–Kier alpha value is -2.44. The van der Waals surface area contributed by atoms with Gasteiger partial charge in [0.15, 0.2) is 0 Å². The fourth-order valence-corrected chi connectivity index (χ4v) is 7.05. The van der Waals surface area contributed by atoms with Gasteiger partial charge in [-0.25, -0.2) is 4.79 Å². The summed E-state index contributed by atoms with van der Waals surface area (Å²) in [5.74, 6) is 2.08. The second-order valence-corrected chi connectivity index (χ2v) is 14.4. The van der Waals surface area contributed by atoms with Crippen molar-refractivity contribution in [3.05, 3.63) is 81.3 Å². The summed E-state index contributed by atoms with van der Waals surface area (Å²) < 4.78 is 16.4. The Morgan fingerprint density at radius 2 is 1.73 bits per heavy atom. The van der Waals surface area contributed by atoms with Gasteiger partial charge in [-0.05, 0) is 94.3 Å². The van der Waals surface area contributed by atoms with Crippen LogP contribution in [-0.2, 0) is 18.2 Å². The number of fused-ring (bicyclic) bond motifs is 1. The number of halogens is 2. The van der Waals surface area contributed by atoms with E-state index in [4.69, 9.17) is 9.47 Å². The molecule has 1 amide bonds. The maximum atomic E-state index is 12.9. The van der Waals surface area contributed by atoms with Crippen molar-refractivity contribution in [2.24, 2.45) is 13.0 Å². The third kappa shape index (κ3) is 8.42. The Balaban J connectivity index is 0.00000216. The van der Waals surface area contributed by atoms with E-state index in [1.165, 1.54) is 14.7 Å². The number of aryl methyl sites for hydroxylation is 2. The first-order valence-corrected chi connectivity index (χ1v) is 19.2. The molecule has 1 aliphatic rings. The zero-order chi connectivity index (χ0) is 32.0. The van der Waals surface area contributed by atoms with Gasteiger partial charge in [-0.2, -0.15) is 0 Å². The molecule has 0 N–H and O–H groups in total. The van der Waals surface area contributed by atoms with E-state index in [0.717, 1.165) is 71.3 Å². The highest BCUT2D eigenvalue weighted by Crippen LogP contribution is 2.39. The van der Waals surface area contributed by atoms with Crippen molar-refractivity contribution in [2.45, 2.75) is 65.9 Å². The number of ether oxygens (including phenoxy) is 2. The summed E-state index contributed by atoms with van der Waals surface area (Å²) in [6.45, 7) is 11.2. The molecule has 5 rings (SSSR count). The van der Waals surface area contributed by atoms with Gasteiger partial charge in [0.05, 0.1) is 0 Å². The first-order chi connectivity index (χ1) is 21.0. The van der Waals surface area contributed by atoms with Gasteiger partial charge < -0.3 is 18.9 Å². The lowest BCUT2D eigenvalue weighted by Crippen LogP contribution is -2.41. The molecule has 0 bridgehead atoms. The lowest BCUT2D eigenvalue weighted by atomic mass is 9.90. The molecule has 0 aliphatic carbocycles. The van der Waals surface area contributed by atoms with Crippen molar-refractivity contribution in [3.8, 4) is 22.6 Å². The number of hydrogen-bond acceptors (Lipinski definition) is 5. The van der Waals surface area contributed by atoms with Crippen molar-refractivity contribution < 1.29 is 14.3 Å². The van der Waals surface area contributed by atoms with E-state index in [9.17, 15) is 9.59 Å². The molecule has 0 unspecified atom stereocenters. The van der Waals surface area contributed by atoms with E-state index in [1.54, 1.807) is 11.6 Å². The predicted molar refractivity (Wildman–Crippen MR) is 194 cm³/mol. The number of carbonyl (C=O) groups excluding carboxylic acids is 1. The fourth-order valence-electron chi connectivity index (χ4n) is 5.36. The zero-order valence-corrected chi connectivity index (χ0v) is 30.8. The number of carbonyl (C=O) groups is 1. The molecule has 2 aromatic heterocycles. The molecule has 1 fully saturated rings. The molecule has 1 saturated heterocycles. The van der Waals surface area contributed by atoms with Gasteiger partial charge in [0.1, 0.15) is 22.6 Å². The number of amides is 1. The average molecular weight is 795 g/mol. The number of pyridine rings is 1. The lowest BCUT2D eigenvalue weighted by molar-refractivity contribution is 0.0181. The summed E-state index contributed by atoms with van der Waals surface area (Å²) in [5.41, 5.74) is 3.26. The number of benzene rings is 2. The average Bonchev–Trinajstić information content (AvgIpc) is 3.44. The summed E-state index contributed by atoms with van der Waals surface area (Å²) in [5, 5.41) is 0.887. The minimum atomic E-state index is -0.461. The first-order valence-electron chi connectivity index (χ1n) is 15.1. The van der Waals surface area contributed by atoms with Crippen LogP contribution in [0.25, 0.3) is 22.0 Å². The van der Waals surface area contributed by atoms with Gasteiger partial charge in [0, 0.05) is 83.8 Å². The Labute approximate surface area is 285 Å². The number of aromatic nitrogens is 2. The van der Waals surface area contributed by atoms with Crippen LogP contribution in [0.1, 0.15) is 59.4 Å². The van der Waals surface area contributed by atoms with Crippen molar-refractivity contribution >= 4 is 63.3 Å². The molecule has 10 heteroatoms. The summed E-state index contributed by atoms with van der Waals surface area (Å²) in [6.07, 6.45) is 7.69. The van der Waals surface area contributed by atoms with Crippen LogP contribution in [-0.4, -0.2) is 38.2 Å². The highest BCUT2D eigenvalue weighted by Gasteiger charge is 2.26. The van der Waals surface area contributed by atoms with E-state index in [-0.39, 0.29) is 11.7 Å². The summed E-state index contributed by atoms with van der Waals surface area (Å²) in [4.78, 5) is 27.1. The van der Waals surface area contributed by atoms with Gasteiger partial charge in [0.25, 0.3) is 5.56 Å². The number of nitrogens with zero attached hydrogens (tertiary/aromatic N) is 3. The summed E-state index contributed by atoms with van der Waals surface area (Å²) in [7, 11) is 3.25. The van der Waals surface area contributed by atoms with E-state index in [1.807, 2.05) is 92.3 Å². The van der Waals surface area contributed by atoms with Gasteiger partial charge >= 0.3 is 6.09 Å². The topological polar surface area (TPSA) is 65.7 Å². The van der Waals surface area contributed by atoms with Crippen LogP contribution in [0.4, 0.5) is 4.79 Å². The van der Waals surface area contributed by atoms with Crippen molar-refractivity contribution in [1.29, 1.82) is 0 Å². The number of likely N-dealkylation sites (tertiary alicyclic amines) is 1. The second kappa shape index (κ2) is 15.2. The second-order valence-electron chi connectivity index (χ2n) is 11.8. The highest BCUT2D eigenvalue weighted by atomic mass is 127. The Morgan fingerprint density at radius 3 is 2.36 bits per heavy atom. The largest absolute Gasteiger partial charge is 0.457 e. The quantitative estimate of drug-likeness (QED) is 0.174. The molecule has 0 radical (unpaired) electrons. The van der Waals surface area contributed by atoms with E-state index >= 15 is 0 Å². The van der Waals surface area contributed by atoms with Crippen LogP contribution in [0.3, 0.4) is 0 Å². The molecule has 0 saturated carbocycles. The first kappa shape index (κ1) is 34.4. The van der Waals surface area contributed by atoms with Crippen LogP contribution in [0.2, 0.25) is 0 Å². The minimum Gasteiger partial charge on any atom is -0.457 e. The molecular formula is C34H41BrIN3O4S. The molecule has 0 atom stereocenters. The maximum absolute atomic E-state index is 12.9. The lowest BCUT2D eigenvalue weighted by Gasteiger charge is -2.33. The van der Waals surface area contributed by atoms with Gasteiger partial charge in [-0.15, -0.1) is 0 Å². The third-order valence-corrected chi connectivity index (χ3v) is 9.77. The smallest absolute Gasteiger partial charge is 0.410 e. The van der Waals surface area contributed by atoms with Crippen LogP contribution in [0.15, 0.2) is 70.2 Å². The molecule has 3 heterocycles. The maximum Gasteiger partial charge on any atom is 0.410 e. The Kier molecular flexibility index (Phi) is 11.9. The highest BCUT2D eigenvalue weighted by molar-refractivity contribution is 14.2. The molecule has 236 valence electrons. The van der Waals surface area contributed by atoms with Crippen LogP contribution < -0.4 is 10.3 Å². The summed E-state index contributed by atoms with van der Waals surface area (Å²) >= 11 is 5.80. The van der Waals surface area contributed by atoms with Crippen LogP contribution in [0.5, 0.6) is 11.5 Å². The number of piperidine rings is 1. The van der Waals surface area contributed by atoms with E-state index < -0.39 is 5.60 Å². The van der Waals surface area contributed by atoms with Crippen LogP contribution in [0, 0.1) is 5.92 Å². The Morgan fingerprint density at radius 1 is 1.05 bits per heavy atom. The van der Waals surface area contributed by atoms with Crippen LogP contribution >= 0.6 is 46.3 Å². The monoisotopic (exact) mass is 793 g/mol. The standard InChI is InChI=1S/C32H35BrIN3O4S.C2H6/c1-32(2,3)41-31(39)36-16-13-22(14-17-36)6-5-21-7-10-24(11-8-21)40-28-12-9-23(33)19-26(28)27-20-35(4)30(38)29-25(27)15-18-37(29)42-34;1-2/h7-12,15,18-20,22H,5-6,13-14,16-17H2,1-4H3;1-2H3. The molecule has 7 nitrogen and oxygen atoms in total. The Bertz CT molecular complexity index is 1640. The molecule has 4 aromatic rings. The van der Waals surface area contributed by atoms with Crippen molar-refractivity contribution in [3.63, 3.8) is 0 Å². The molecular weight excluding hydrogens is 753 g/mol. The predicted octanol–water partition coefficient (Wildman–Crippen LogP) is 10.0. The summed E-state index contributed by atoms with van der Waals surface area (Å²) in [6, 6.07) is 16.2. The third-order valence-electron chi connectivity index (χ3n) is 7.55. The fraction of sp³-hybridized carbons (Fsp3) is 0.412. The van der Waals surface area contributed by atoms with Gasteiger partial charge in [0.2, 0.25) is 0 Å². The number of rotatable bonds is 7. The molecule has 44 heavy (non-hydrogen) atoms. The molecule has 1 aliphatic heterocycles. The normalized spacial score (nSPS) is 13.9. The number of hydrogen-bond donors (Lipinski definition) is 0. The van der Waals surface area contributed by atoms with Crippen molar-refractivity contribution in [1.82, 2.24) is 13.4 Å². The van der Waals surface area contributed by atoms with E-state index in [0.29, 0.717) is 11.4 Å². The molecule has 0 spiro atoms. The van der Waals surface area contributed by atoms with Gasteiger partial charge in [-0.3, -0.25) is 8.77 Å². The molecule has 2 aromatic carbocycles. The van der Waals surface area contributed by atoms with E-state index in [2.05, 4.69) is 49.3 Å². The zero-order valence-electron chi connectivity index (χ0n) is 26.2. The van der Waals surface area contributed by atoms with Crippen molar-refractivity contribution in [2.75, 3.05) is 13.1 Å². The van der Waals surface area contributed by atoms with Gasteiger partial charge in [-0.1, -0.05) is 41.9 Å².